The van der Waals surface area contributed by atoms with E-state index in [1.165, 1.54) is 0 Å². The number of carbonyl (C=O) groups is 1. The van der Waals surface area contributed by atoms with Crippen molar-refractivity contribution in [2.75, 3.05) is 33.4 Å². The maximum absolute atomic E-state index is 11.9. The van der Waals surface area contributed by atoms with Crippen molar-refractivity contribution in [1.82, 2.24) is 9.80 Å². The average Bonchev–Trinajstić information content (AvgIpc) is 2.47. The van der Waals surface area contributed by atoms with Crippen molar-refractivity contribution in [3.63, 3.8) is 0 Å². The van der Waals surface area contributed by atoms with Gasteiger partial charge in [-0.2, -0.15) is 0 Å². The van der Waals surface area contributed by atoms with Gasteiger partial charge in [0.1, 0.15) is 0 Å². The largest absolute Gasteiger partial charge is 0.377 e. The molecule has 2 saturated heterocycles. The summed E-state index contributed by atoms with van der Waals surface area (Å²) in [6.45, 7) is 5.42. The Labute approximate surface area is 84.8 Å². The number of amides is 2. The summed E-state index contributed by atoms with van der Waals surface area (Å²) >= 11 is 0. The number of urea groups is 1. The highest BCUT2D eigenvalue weighted by Crippen LogP contribution is 2.18. The highest BCUT2D eigenvalue weighted by Gasteiger charge is 2.32. The van der Waals surface area contributed by atoms with Gasteiger partial charge in [-0.05, 0) is 12.3 Å². The second kappa shape index (κ2) is 3.77. The normalized spacial score (nSPS) is 27.6. The van der Waals surface area contributed by atoms with Gasteiger partial charge in [0.25, 0.3) is 0 Å². The number of hydrogen-bond acceptors (Lipinski definition) is 2. The molecule has 0 aliphatic carbocycles. The van der Waals surface area contributed by atoms with E-state index < -0.39 is 0 Å². The van der Waals surface area contributed by atoms with Gasteiger partial charge in [-0.3, -0.25) is 0 Å². The van der Waals surface area contributed by atoms with Crippen molar-refractivity contribution in [2.45, 2.75) is 19.4 Å². The fourth-order valence-corrected chi connectivity index (χ4v) is 1.93. The van der Waals surface area contributed by atoms with Crippen LogP contribution in [-0.4, -0.2) is 55.2 Å². The zero-order chi connectivity index (χ0) is 10.1. The fraction of sp³-hybridized carbons (Fsp3) is 0.900. The van der Waals surface area contributed by atoms with Gasteiger partial charge < -0.3 is 14.5 Å². The minimum Gasteiger partial charge on any atom is -0.377 e. The molecule has 2 heterocycles. The molecule has 2 fully saturated rings. The lowest BCUT2D eigenvalue weighted by Gasteiger charge is -2.36. The molecule has 4 nitrogen and oxygen atoms in total. The van der Waals surface area contributed by atoms with Crippen molar-refractivity contribution >= 4 is 6.03 Å². The zero-order valence-electron chi connectivity index (χ0n) is 8.90. The summed E-state index contributed by atoms with van der Waals surface area (Å²) < 4.78 is 5.08. The number of carbonyl (C=O) groups excluding carboxylic acids is 1. The molecule has 2 aliphatic heterocycles. The van der Waals surface area contributed by atoms with E-state index in [1.807, 2.05) is 16.8 Å². The number of nitrogens with zero attached hydrogens (tertiary/aromatic N) is 2. The second-order valence-corrected chi connectivity index (χ2v) is 4.42. The van der Waals surface area contributed by atoms with Crippen LogP contribution >= 0.6 is 0 Å². The van der Waals surface area contributed by atoms with Gasteiger partial charge in [0.2, 0.25) is 0 Å². The van der Waals surface area contributed by atoms with Crippen LogP contribution in [0.4, 0.5) is 4.79 Å². The SMILES string of the molecule is CC1CCN(C(=O)N(C)C2COC2)C1. The van der Waals surface area contributed by atoms with Crippen LogP contribution in [-0.2, 0) is 4.74 Å². The average molecular weight is 198 g/mol. The summed E-state index contributed by atoms with van der Waals surface area (Å²) in [5.41, 5.74) is 0. The van der Waals surface area contributed by atoms with Gasteiger partial charge in [-0.15, -0.1) is 0 Å². The Morgan fingerprint density at radius 3 is 2.64 bits per heavy atom. The summed E-state index contributed by atoms with van der Waals surface area (Å²) in [5, 5.41) is 0. The summed E-state index contributed by atoms with van der Waals surface area (Å²) in [7, 11) is 1.87. The van der Waals surface area contributed by atoms with Crippen molar-refractivity contribution in [2.24, 2.45) is 5.92 Å². The van der Waals surface area contributed by atoms with Gasteiger partial charge >= 0.3 is 6.03 Å². The molecule has 0 spiro atoms. The van der Waals surface area contributed by atoms with E-state index in [2.05, 4.69) is 6.92 Å². The molecule has 1 atom stereocenters. The van der Waals surface area contributed by atoms with Gasteiger partial charge in [0.05, 0.1) is 19.3 Å². The minimum atomic E-state index is 0.169. The minimum absolute atomic E-state index is 0.169. The highest BCUT2D eigenvalue weighted by molar-refractivity contribution is 5.75. The predicted octanol–water partition coefficient (Wildman–Crippen LogP) is 0.779. The molecule has 14 heavy (non-hydrogen) atoms. The van der Waals surface area contributed by atoms with Crippen LogP contribution in [0, 0.1) is 5.92 Å². The lowest BCUT2D eigenvalue weighted by Crippen LogP contribution is -2.53. The monoisotopic (exact) mass is 198 g/mol. The summed E-state index contributed by atoms with van der Waals surface area (Å²) in [5.74, 6) is 0.657. The van der Waals surface area contributed by atoms with E-state index in [-0.39, 0.29) is 6.03 Å². The Hall–Kier alpha value is -0.770. The molecule has 0 radical (unpaired) electrons. The van der Waals surface area contributed by atoms with E-state index in [0.29, 0.717) is 25.2 Å². The Morgan fingerprint density at radius 1 is 1.50 bits per heavy atom. The number of ether oxygens (including phenoxy) is 1. The molecule has 4 heteroatoms. The third-order valence-electron chi connectivity index (χ3n) is 3.16. The van der Waals surface area contributed by atoms with Gasteiger partial charge in [0, 0.05) is 20.1 Å². The van der Waals surface area contributed by atoms with E-state index >= 15 is 0 Å². The zero-order valence-corrected chi connectivity index (χ0v) is 8.90. The second-order valence-electron chi connectivity index (χ2n) is 4.42. The lowest BCUT2D eigenvalue weighted by atomic mass is 10.2. The Morgan fingerprint density at radius 2 is 2.21 bits per heavy atom. The maximum Gasteiger partial charge on any atom is 0.320 e. The standard InChI is InChI=1S/C10H18N2O2/c1-8-3-4-12(5-8)10(13)11(2)9-6-14-7-9/h8-9H,3-7H2,1-2H3. The van der Waals surface area contributed by atoms with Crippen molar-refractivity contribution in [3.8, 4) is 0 Å². The smallest absolute Gasteiger partial charge is 0.320 e. The van der Waals surface area contributed by atoms with Crippen LogP contribution < -0.4 is 0 Å². The quantitative estimate of drug-likeness (QED) is 0.623. The molecule has 0 aromatic rings. The molecule has 2 aliphatic rings. The molecular weight excluding hydrogens is 180 g/mol. The van der Waals surface area contributed by atoms with E-state index in [4.69, 9.17) is 4.74 Å². The van der Waals surface area contributed by atoms with Crippen LogP contribution in [0.15, 0.2) is 0 Å². The van der Waals surface area contributed by atoms with Gasteiger partial charge in [-0.25, -0.2) is 4.79 Å². The first-order chi connectivity index (χ1) is 6.68. The van der Waals surface area contributed by atoms with Gasteiger partial charge in [-0.1, -0.05) is 6.92 Å². The van der Waals surface area contributed by atoms with Crippen LogP contribution in [0.1, 0.15) is 13.3 Å². The molecule has 1 unspecified atom stereocenters. The lowest BCUT2D eigenvalue weighted by molar-refractivity contribution is -0.0454. The molecule has 0 aromatic heterocycles. The topological polar surface area (TPSA) is 32.8 Å². The van der Waals surface area contributed by atoms with Crippen LogP contribution in [0.2, 0.25) is 0 Å². The number of likely N-dealkylation sites (N-methyl/N-ethyl adjacent to an activating group) is 1. The van der Waals surface area contributed by atoms with Crippen molar-refractivity contribution < 1.29 is 9.53 Å². The third kappa shape index (κ3) is 1.71. The fourth-order valence-electron chi connectivity index (χ4n) is 1.93. The highest BCUT2D eigenvalue weighted by atomic mass is 16.5. The first kappa shape index (κ1) is 9.77. The number of likely N-dealkylation sites (tertiary alicyclic amines) is 1. The first-order valence-corrected chi connectivity index (χ1v) is 5.28. The van der Waals surface area contributed by atoms with Crippen molar-refractivity contribution in [1.29, 1.82) is 0 Å². The summed E-state index contributed by atoms with van der Waals surface area (Å²) in [6.07, 6.45) is 1.14. The molecule has 0 saturated carbocycles. The first-order valence-electron chi connectivity index (χ1n) is 5.28. The van der Waals surface area contributed by atoms with Gasteiger partial charge in [0.15, 0.2) is 0 Å². The van der Waals surface area contributed by atoms with E-state index in [1.54, 1.807) is 0 Å². The molecule has 2 amide bonds. The molecule has 0 N–H and O–H groups in total. The Balaban J connectivity index is 1.87. The van der Waals surface area contributed by atoms with E-state index in [0.717, 1.165) is 19.5 Å². The van der Waals surface area contributed by atoms with Crippen LogP contribution in [0.3, 0.4) is 0 Å². The molecule has 80 valence electrons. The van der Waals surface area contributed by atoms with Crippen LogP contribution in [0.5, 0.6) is 0 Å². The van der Waals surface area contributed by atoms with E-state index in [9.17, 15) is 4.79 Å². The summed E-state index contributed by atoms with van der Waals surface area (Å²) in [4.78, 5) is 15.7. The molecule has 0 aromatic carbocycles. The van der Waals surface area contributed by atoms with Crippen molar-refractivity contribution in [3.05, 3.63) is 0 Å². The Bertz CT molecular complexity index is 224. The third-order valence-corrected chi connectivity index (χ3v) is 3.16. The molecule has 2 rings (SSSR count). The Kier molecular flexibility index (Phi) is 2.63. The predicted molar refractivity (Wildman–Crippen MR) is 53.1 cm³/mol. The summed E-state index contributed by atoms with van der Waals surface area (Å²) in [6, 6.07) is 0.473. The van der Waals surface area contributed by atoms with Crippen LogP contribution in [0.25, 0.3) is 0 Å². The number of hydrogen-bond donors (Lipinski definition) is 0. The number of rotatable bonds is 1. The maximum atomic E-state index is 11.9. The molecular formula is C10H18N2O2. The molecule has 0 bridgehead atoms.